The quantitative estimate of drug-likeness (QED) is 0.644. The Bertz CT molecular complexity index is 270. The van der Waals surface area contributed by atoms with E-state index in [9.17, 15) is 4.79 Å². The summed E-state index contributed by atoms with van der Waals surface area (Å²) in [6.07, 6.45) is 5.68. The molecule has 1 saturated heterocycles. The van der Waals surface area contributed by atoms with Crippen LogP contribution >= 0.6 is 0 Å². The van der Waals surface area contributed by atoms with Crippen molar-refractivity contribution in [3.05, 3.63) is 0 Å². The normalized spacial score (nSPS) is 24.1. The van der Waals surface area contributed by atoms with E-state index in [1.807, 2.05) is 6.92 Å². The van der Waals surface area contributed by atoms with Crippen molar-refractivity contribution < 1.29 is 4.79 Å². The maximum atomic E-state index is 11.3. The minimum atomic E-state index is -0.545. The van der Waals surface area contributed by atoms with E-state index in [-0.39, 0.29) is 5.91 Å². The summed E-state index contributed by atoms with van der Waals surface area (Å²) in [5.74, 6) is 0.649. The van der Waals surface area contributed by atoms with Crippen molar-refractivity contribution in [2.24, 2.45) is 11.7 Å². The van der Waals surface area contributed by atoms with Gasteiger partial charge in [0.1, 0.15) is 0 Å². The number of nitrogens with two attached hydrogens (primary N) is 1. The molecule has 2 unspecified atom stereocenters. The number of nitrogens with one attached hydrogen (secondary N) is 1. The van der Waals surface area contributed by atoms with Crippen molar-refractivity contribution >= 4 is 5.91 Å². The molecule has 3 N–H and O–H groups in total. The Kier molecular flexibility index (Phi) is 6.09. The molecule has 1 heterocycles. The smallest absolute Gasteiger partial charge is 0.237 e. The minimum absolute atomic E-state index is 0.253. The molecule has 4 heteroatoms. The molecule has 0 radical (unpaired) electrons. The summed E-state index contributed by atoms with van der Waals surface area (Å²) < 4.78 is 0. The van der Waals surface area contributed by atoms with E-state index in [0.29, 0.717) is 0 Å². The lowest BCUT2D eigenvalue weighted by Crippen LogP contribution is -2.51. The zero-order chi connectivity index (χ0) is 13.6. The van der Waals surface area contributed by atoms with Gasteiger partial charge >= 0.3 is 0 Å². The summed E-state index contributed by atoms with van der Waals surface area (Å²) >= 11 is 0. The molecule has 18 heavy (non-hydrogen) atoms. The van der Waals surface area contributed by atoms with Crippen LogP contribution in [0.15, 0.2) is 0 Å². The highest BCUT2D eigenvalue weighted by Gasteiger charge is 2.28. The van der Waals surface area contributed by atoms with Gasteiger partial charge in [0.25, 0.3) is 0 Å². The number of likely N-dealkylation sites (N-methyl/N-ethyl adjacent to an activating group) is 1. The van der Waals surface area contributed by atoms with Crippen LogP contribution in [0.25, 0.3) is 0 Å². The van der Waals surface area contributed by atoms with Crippen molar-refractivity contribution in [1.82, 2.24) is 10.2 Å². The Balaban J connectivity index is 2.17. The van der Waals surface area contributed by atoms with E-state index in [4.69, 9.17) is 5.73 Å². The molecule has 1 fully saturated rings. The van der Waals surface area contributed by atoms with Crippen LogP contribution in [0.2, 0.25) is 0 Å². The number of amides is 1. The fourth-order valence-electron chi connectivity index (χ4n) is 2.63. The molecule has 106 valence electrons. The average Bonchev–Trinajstić information content (AvgIpc) is 2.82. The molecule has 1 aliphatic rings. The van der Waals surface area contributed by atoms with Gasteiger partial charge in [-0.1, -0.05) is 13.3 Å². The van der Waals surface area contributed by atoms with Gasteiger partial charge in [-0.25, -0.2) is 0 Å². The molecular formula is C14H29N3O. The third kappa shape index (κ3) is 4.25. The Labute approximate surface area is 111 Å². The fraction of sp³-hybridized carbons (Fsp3) is 0.929. The SMILES string of the molecule is CCC1CCN(CCCCC(C)(NC)C(N)=O)C1. The molecule has 0 aliphatic carbocycles. The highest BCUT2D eigenvalue weighted by molar-refractivity contribution is 5.84. The van der Waals surface area contributed by atoms with Gasteiger partial charge in [0.2, 0.25) is 5.91 Å². The number of carbonyl (C=O) groups is 1. The van der Waals surface area contributed by atoms with Gasteiger partial charge in [-0.3, -0.25) is 4.79 Å². The topological polar surface area (TPSA) is 58.4 Å². The van der Waals surface area contributed by atoms with Gasteiger partial charge in [-0.15, -0.1) is 0 Å². The highest BCUT2D eigenvalue weighted by atomic mass is 16.1. The molecule has 4 nitrogen and oxygen atoms in total. The number of rotatable bonds is 8. The number of unbranched alkanes of at least 4 members (excludes halogenated alkanes) is 1. The third-order valence-corrected chi connectivity index (χ3v) is 4.44. The Morgan fingerprint density at radius 3 is 2.72 bits per heavy atom. The number of primary amides is 1. The Morgan fingerprint density at radius 2 is 2.22 bits per heavy atom. The van der Waals surface area contributed by atoms with Crippen LogP contribution in [-0.2, 0) is 4.79 Å². The summed E-state index contributed by atoms with van der Waals surface area (Å²) in [6, 6.07) is 0. The zero-order valence-corrected chi connectivity index (χ0v) is 12.2. The summed E-state index contributed by atoms with van der Waals surface area (Å²) in [5.41, 5.74) is 4.87. The molecular weight excluding hydrogens is 226 g/mol. The van der Waals surface area contributed by atoms with Crippen LogP contribution < -0.4 is 11.1 Å². The van der Waals surface area contributed by atoms with Gasteiger partial charge in [0.15, 0.2) is 0 Å². The Morgan fingerprint density at radius 1 is 1.50 bits per heavy atom. The maximum Gasteiger partial charge on any atom is 0.237 e. The molecule has 2 atom stereocenters. The van der Waals surface area contributed by atoms with E-state index in [0.717, 1.165) is 31.7 Å². The van der Waals surface area contributed by atoms with E-state index in [2.05, 4.69) is 17.1 Å². The van der Waals surface area contributed by atoms with Crippen molar-refractivity contribution in [1.29, 1.82) is 0 Å². The standard InChI is InChI=1S/C14H29N3O/c1-4-12-7-10-17(11-12)9-6-5-8-14(2,16-3)13(15)18/h12,16H,4-11H2,1-3H3,(H2,15,18). The van der Waals surface area contributed by atoms with E-state index >= 15 is 0 Å². The number of hydrogen-bond acceptors (Lipinski definition) is 3. The van der Waals surface area contributed by atoms with Crippen LogP contribution in [0, 0.1) is 5.92 Å². The van der Waals surface area contributed by atoms with Gasteiger partial charge in [0.05, 0.1) is 5.54 Å². The lowest BCUT2D eigenvalue weighted by Gasteiger charge is -2.25. The zero-order valence-electron chi connectivity index (χ0n) is 12.2. The van der Waals surface area contributed by atoms with Gasteiger partial charge in [0, 0.05) is 6.54 Å². The fourth-order valence-corrected chi connectivity index (χ4v) is 2.63. The molecule has 0 aromatic rings. The first-order valence-electron chi connectivity index (χ1n) is 7.23. The van der Waals surface area contributed by atoms with Crippen molar-refractivity contribution in [3.8, 4) is 0 Å². The number of likely N-dealkylation sites (tertiary alicyclic amines) is 1. The second kappa shape index (κ2) is 7.10. The summed E-state index contributed by atoms with van der Waals surface area (Å²) in [4.78, 5) is 13.9. The highest BCUT2D eigenvalue weighted by Crippen LogP contribution is 2.20. The number of carbonyl (C=O) groups excluding carboxylic acids is 1. The van der Waals surface area contributed by atoms with Crippen LogP contribution in [0.4, 0.5) is 0 Å². The van der Waals surface area contributed by atoms with E-state index in [1.54, 1.807) is 7.05 Å². The number of hydrogen-bond donors (Lipinski definition) is 2. The molecule has 0 aromatic heterocycles. The maximum absolute atomic E-state index is 11.3. The molecule has 0 saturated carbocycles. The average molecular weight is 255 g/mol. The van der Waals surface area contributed by atoms with Crippen molar-refractivity contribution in [3.63, 3.8) is 0 Å². The molecule has 1 aliphatic heterocycles. The minimum Gasteiger partial charge on any atom is -0.368 e. The number of nitrogens with zero attached hydrogens (tertiary/aromatic N) is 1. The van der Waals surface area contributed by atoms with Crippen molar-refractivity contribution in [2.45, 2.75) is 51.5 Å². The molecule has 1 rings (SSSR count). The molecule has 0 bridgehead atoms. The van der Waals surface area contributed by atoms with Gasteiger partial charge in [-0.05, 0) is 58.7 Å². The van der Waals surface area contributed by atoms with E-state index < -0.39 is 5.54 Å². The van der Waals surface area contributed by atoms with Gasteiger partial charge in [-0.2, -0.15) is 0 Å². The van der Waals surface area contributed by atoms with Crippen LogP contribution in [0.3, 0.4) is 0 Å². The molecule has 1 amide bonds. The summed E-state index contributed by atoms with van der Waals surface area (Å²) in [5, 5.41) is 3.03. The van der Waals surface area contributed by atoms with Crippen LogP contribution in [0.5, 0.6) is 0 Å². The monoisotopic (exact) mass is 255 g/mol. The second-order valence-corrected chi connectivity index (χ2v) is 5.77. The van der Waals surface area contributed by atoms with Crippen molar-refractivity contribution in [2.75, 3.05) is 26.7 Å². The third-order valence-electron chi connectivity index (χ3n) is 4.44. The van der Waals surface area contributed by atoms with E-state index in [1.165, 1.54) is 25.9 Å². The molecule has 0 spiro atoms. The summed E-state index contributed by atoms with van der Waals surface area (Å²) in [7, 11) is 1.80. The van der Waals surface area contributed by atoms with Crippen LogP contribution in [0.1, 0.15) is 46.0 Å². The first-order valence-corrected chi connectivity index (χ1v) is 7.23. The summed E-state index contributed by atoms with van der Waals surface area (Å²) in [6.45, 7) is 7.83. The predicted octanol–water partition coefficient (Wildman–Crippen LogP) is 1.35. The molecule has 0 aromatic carbocycles. The predicted molar refractivity (Wildman–Crippen MR) is 75.3 cm³/mol. The lowest BCUT2D eigenvalue weighted by atomic mass is 9.94. The largest absolute Gasteiger partial charge is 0.368 e. The second-order valence-electron chi connectivity index (χ2n) is 5.77. The van der Waals surface area contributed by atoms with Crippen LogP contribution in [-0.4, -0.2) is 43.0 Å². The lowest BCUT2D eigenvalue weighted by molar-refractivity contribution is -0.123. The first kappa shape index (κ1) is 15.4. The first-order chi connectivity index (χ1) is 8.51. The van der Waals surface area contributed by atoms with Gasteiger partial charge < -0.3 is 16.0 Å². The Hall–Kier alpha value is -0.610.